The third-order valence-electron chi connectivity index (χ3n) is 4.04. The summed E-state index contributed by atoms with van der Waals surface area (Å²) in [6.45, 7) is 3.94. The smallest absolute Gasteiger partial charge is 0.339 e. The molecule has 0 aliphatic carbocycles. The second kappa shape index (κ2) is 7.31. The molecule has 0 radical (unpaired) electrons. The molecular weight excluding hydrogens is 294 g/mol. The van der Waals surface area contributed by atoms with Crippen LogP contribution in [0.1, 0.15) is 38.7 Å². The van der Waals surface area contributed by atoms with Gasteiger partial charge in [0.05, 0.1) is 5.57 Å². The zero-order chi connectivity index (χ0) is 16.9. The van der Waals surface area contributed by atoms with Gasteiger partial charge in [-0.2, -0.15) is 0 Å². The number of carbonyl (C=O) groups excluding carboxylic acids is 2. The lowest BCUT2D eigenvalue weighted by atomic mass is 9.98. The predicted molar refractivity (Wildman–Crippen MR) is 86.8 cm³/mol. The van der Waals surface area contributed by atoms with Crippen molar-refractivity contribution in [1.29, 1.82) is 0 Å². The van der Waals surface area contributed by atoms with Crippen LogP contribution in [0.4, 0.5) is 0 Å². The Kier molecular flexibility index (Phi) is 5.42. The van der Waals surface area contributed by atoms with E-state index in [4.69, 9.17) is 4.74 Å². The number of nitrogens with one attached hydrogen (secondary N) is 1. The van der Waals surface area contributed by atoms with Crippen molar-refractivity contribution in [3.63, 3.8) is 0 Å². The van der Waals surface area contributed by atoms with Crippen molar-refractivity contribution in [3.8, 4) is 0 Å². The summed E-state index contributed by atoms with van der Waals surface area (Å²) >= 11 is 0. The van der Waals surface area contributed by atoms with Gasteiger partial charge >= 0.3 is 5.97 Å². The first-order valence-electron chi connectivity index (χ1n) is 7.97. The van der Waals surface area contributed by atoms with E-state index in [1.807, 2.05) is 37.3 Å². The van der Waals surface area contributed by atoms with E-state index >= 15 is 0 Å². The summed E-state index contributed by atoms with van der Waals surface area (Å²) in [5, 5.41) is 13.1. The highest BCUT2D eigenvalue weighted by atomic mass is 16.6. The maximum Gasteiger partial charge on any atom is 0.339 e. The van der Waals surface area contributed by atoms with E-state index in [0.29, 0.717) is 19.4 Å². The molecule has 5 nitrogen and oxygen atoms in total. The fourth-order valence-electron chi connectivity index (χ4n) is 2.52. The minimum Gasteiger partial charge on any atom is -0.507 e. The van der Waals surface area contributed by atoms with Gasteiger partial charge in [0, 0.05) is 6.54 Å². The molecular formula is C18H23NO4. The van der Waals surface area contributed by atoms with Crippen LogP contribution in [0.2, 0.25) is 0 Å². The van der Waals surface area contributed by atoms with Crippen molar-refractivity contribution < 1.29 is 19.4 Å². The molecule has 0 bridgehead atoms. The molecule has 0 saturated carbocycles. The fraction of sp³-hybridized carbons (Fsp3) is 0.444. The van der Waals surface area contributed by atoms with Gasteiger partial charge in [-0.05, 0) is 31.7 Å². The predicted octanol–water partition coefficient (Wildman–Crippen LogP) is 2.66. The number of cyclic esters (lactones) is 1. The van der Waals surface area contributed by atoms with Gasteiger partial charge in [-0.1, -0.05) is 43.7 Å². The molecule has 1 unspecified atom stereocenters. The van der Waals surface area contributed by atoms with Crippen molar-refractivity contribution in [2.24, 2.45) is 0 Å². The van der Waals surface area contributed by atoms with Crippen LogP contribution in [0.25, 0.3) is 0 Å². The first kappa shape index (κ1) is 17.1. The molecule has 0 spiro atoms. The van der Waals surface area contributed by atoms with Gasteiger partial charge in [-0.15, -0.1) is 0 Å². The monoisotopic (exact) mass is 317 g/mol. The minimum absolute atomic E-state index is 0.182. The molecule has 1 aromatic rings. The molecule has 0 fully saturated rings. The molecule has 1 aromatic carbocycles. The molecule has 1 atom stereocenters. The summed E-state index contributed by atoms with van der Waals surface area (Å²) in [6.07, 6.45) is 2.72. The SMILES string of the molecule is CCCCNC(=O)C1(C)OC(=O)C(CCc2ccccc2)=C1O. The minimum atomic E-state index is -1.61. The van der Waals surface area contributed by atoms with E-state index < -0.39 is 17.5 Å². The number of hydrogen-bond donors (Lipinski definition) is 2. The standard InChI is InChI=1S/C18H23NO4/c1-3-4-12-19-17(22)18(2)15(20)14(16(21)23-18)11-10-13-8-6-5-7-9-13/h5-9,20H,3-4,10-12H2,1-2H3,(H,19,22). The van der Waals surface area contributed by atoms with Crippen LogP contribution in [0.5, 0.6) is 0 Å². The number of aliphatic hydroxyl groups is 1. The van der Waals surface area contributed by atoms with Gasteiger partial charge in [-0.25, -0.2) is 4.79 Å². The van der Waals surface area contributed by atoms with Gasteiger partial charge in [0.25, 0.3) is 5.91 Å². The molecule has 124 valence electrons. The van der Waals surface area contributed by atoms with Crippen LogP contribution in [0.3, 0.4) is 0 Å². The Morgan fingerprint density at radius 2 is 1.96 bits per heavy atom. The summed E-state index contributed by atoms with van der Waals surface area (Å²) in [5.41, 5.74) is -0.375. The Bertz CT molecular complexity index is 609. The number of amides is 1. The summed E-state index contributed by atoms with van der Waals surface area (Å²) in [7, 11) is 0. The van der Waals surface area contributed by atoms with Crippen LogP contribution in [-0.2, 0) is 20.7 Å². The number of aryl methyl sites for hydroxylation is 1. The van der Waals surface area contributed by atoms with E-state index in [1.165, 1.54) is 6.92 Å². The highest BCUT2D eigenvalue weighted by Crippen LogP contribution is 2.33. The van der Waals surface area contributed by atoms with Gasteiger partial charge in [0.1, 0.15) is 0 Å². The summed E-state index contributed by atoms with van der Waals surface area (Å²) < 4.78 is 5.18. The molecule has 0 aromatic heterocycles. The molecule has 2 N–H and O–H groups in total. The van der Waals surface area contributed by atoms with Crippen LogP contribution < -0.4 is 5.32 Å². The lowest BCUT2D eigenvalue weighted by Crippen LogP contribution is -2.46. The summed E-state index contributed by atoms with van der Waals surface area (Å²) in [6, 6.07) is 9.66. The number of aliphatic hydroxyl groups excluding tert-OH is 1. The zero-order valence-corrected chi connectivity index (χ0v) is 13.6. The molecule has 0 saturated heterocycles. The third-order valence-corrected chi connectivity index (χ3v) is 4.04. The molecule has 1 aliphatic heterocycles. The average Bonchev–Trinajstić information content (AvgIpc) is 2.77. The lowest BCUT2D eigenvalue weighted by molar-refractivity contribution is -0.157. The molecule has 1 heterocycles. The van der Waals surface area contributed by atoms with Crippen molar-refractivity contribution in [2.75, 3.05) is 6.54 Å². The second-order valence-electron chi connectivity index (χ2n) is 5.84. The summed E-state index contributed by atoms with van der Waals surface area (Å²) in [4.78, 5) is 24.3. The van der Waals surface area contributed by atoms with E-state index in [2.05, 4.69) is 5.32 Å². The van der Waals surface area contributed by atoms with Gasteiger partial charge in [-0.3, -0.25) is 4.79 Å². The van der Waals surface area contributed by atoms with E-state index in [-0.39, 0.29) is 11.3 Å². The van der Waals surface area contributed by atoms with E-state index in [1.54, 1.807) is 0 Å². The third kappa shape index (κ3) is 3.73. The Morgan fingerprint density at radius 3 is 2.61 bits per heavy atom. The van der Waals surface area contributed by atoms with Gasteiger partial charge in [0.15, 0.2) is 5.76 Å². The lowest BCUT2D eigenvalue weighted by Gasteiger charge is -2.22. The maximum absolute atomic E-state index is 12.2. The topological polar surface area (TPSA) is 75.6 Å². The van der Waals surface area contributed by atoms with Gasteiger partial charge < -0.3 is 15.2 Å². The number of carbonyl (C=O) groups is 2. The first-order chi connectivity index (χ1) is 11.0. The number of ether oxygens (including phenoxy) is 1. The van der Waals surface area contributed by atoms with Crippen LogP contribution in [0, 0.1) is 0 Å². The van der Waals surface area contributed by atoms with Crippen LogP contribution >= 0.6 is 0 Å². The highest BCUT2D eigenvalue weighted by Gasteiger charge is 2.50. The van der Waals surface area contributed by atoms with Gasteiger partial charge in [0.2, 0.25) is 5.60 Å². The largest absolute Gasteiger partial charge is 0.507 e. The second-order valence-corrected chi connectivity index (χ2v) is 5.84. The highest BCUT2D eigenvalue weighted by molar-refractivity contribution is 6.00. The number of hydrogen-bond acceptors (Lipinski definition) is 4. The van der Waals surface area contributed by atoms with E-state index in [0.717, 1.165) is 18.4 Å². The van der Waals surface area contributed by atoms with Crippen molar-refractivity contribution >= 4 is 11.9 Å². The summed E-state index contributed by atoms with van der Waals surface area (Å²) in [5.74, 6) is -1.37. The molecule has 2 rings (SSSR count). The van der Waals surface area contributed by atoms with Crippen LogP contribution in [-0.4, -0.2) is 29.1 Å². The molecule has 1 aliphatic rings. The number of rotatable bonds is 7. The Balaban J connectivity index is 2.07. The Morgan fingerprint density at radius 1 is 1.26 bits per heavy atom. The Labute approximate surface area is 136 Å². The number of benzene rings is 1. The Hall–Kier alpha value is -2.30. The van der Waals surface area contributed by atoms with Crippen molar-refractivity contribution in [1.82, 2.24) is 5.32 Å². The first-order valence-corrected chi connectivity index (χ1v) is 7.97. The zero-order valence-electron chi connectivity index (χ0n) is 13.6. The quantitative estimate of drug-likeness (QED) is 0.599. The molecule has 1 amide bonds. The van der Waals surface area contributed by atoms with Crippen LogP contribution in [0.15, 0.2) is 41.7 Å². The van der Waals surface area contributed by atoms with E-state index in [9.17, 15) is 14.7 Å². The molecule has 23 heavy (non-hydrogen) atoms. The average molecular weight is 317 g/mol. The maximum atomic E-state index is 12.2. The fourth-order valence-corrected chi connectivity index (χ4v) is 2.52. The molecule has 5 heteroatoms. The number of unbranched alkanes of at least 4 members (excludes halogenated alkanes) is 1. The normalized spacial score (nSPS) is 20.5. The van der Waals surface area contributed by atoms with Crippen molar-refractivity contribution in [3.05, 3.63) is 47.2 Å². The van der Waals surface area contributed by atoms with Crippen molar-refractivity contribution in [2.45, 2.75) is 45.1 Å². The number of esters is 1.